The molecule has 0 heterocycles. The summed E-state index contributed by atoms with van der Waals surface area (Å²) in [5.41, 5.74) is 1.64. The SMILES string of the molecule is Cc1ccc(C(=O)N/C(=C/c2ccc(Cl)c(Cl)c2)C(=O)NC(C(=O)O)C(C)(C)S)cc1. The van der Waals surface area contributed by atoms with E-state index in [0.717, 1.165) is 5.56 Å². The summed E-state index contributed by atoms with van der Waals surface area (Å²) in [6, 6.07) is 10.1. The number of benzene rings is 2. The number of thiol groups is 1. The lowest BCUT2D eigenvalue weighted by Crippen LogP contribution is -2.53. The Morgan fingerprint density at radius 3 is 2.19 bits per heavy atom. The van der Waals surface area contributed by atoms with Crippen LogP contribution in [-0.4, -0.2) is 33.7 Å². The average molecular weight is 481 g/mol. The van der Waals surface area contributed by atoms with Gasteiger partial charge in [0.25, 0.3) is 11.8 Å². The van der Waals surface area contributed by atoms with Crippen LogP contribution in [0.25, 0.3) is 6.08 Å². The van der Waals surface area contributed by atoms with Crippen LogP contribution in [0.1, 0.15) is 35.3 Å². The fourth-order valence-electron chi connectivity index (χ4n) is 2.58. The molecule has 6 nitrogen and oxygen atoms in total. The number of nitrogens with one attached hydrogen (secondary N) is 2. The van der Waals surface area contributed by atoms with E-state index in [4.69, 9.17) is 23.2 Å². The van der Waals surface area contributed by atoms with Crippen LogP contribution < -0.4 is 10.6 Å². The van der Waals surface area contributed by atoms with Crippen molar-refractivity contribution < 1.29 is 19.5 Å². The van der Waals surface area contributed by atoms with Crippen LogP contribution in [0.5, 0.6) is 0 Å². The number of carboxylic acids is 1. The van der Waals surface area contributed by atoms with E-state index in [2.05, 4.69) is 23.3 Å². The molecular formula is C22H22Cl2N2O4S. The second kappa shape index (κ2) is 10.2. The molecule has 3 N–H and O–H groups in total. The maximum atomic E-state index is 12.9. The minimum absolute atomic E-state index is 0.159. The van der Waals surface area contributed by atoms with Crippen molar-refractivity contribution in [3.8, 4) is 0 Å². The van der Waals surface area contributed by atoms with Gasteiger partial charge in [-0.05, 0) is 56.7 Å². The van der Waals surface area contributed by atoms with Gasteiger partial charge in [0.1, 0.15) is 11.7 Å². The second-order valence-electron chi connectivity index (χ2n) is 7.45. The van der Waals surface area contributed by atoms with Gasteiger partial charge in [0, 0.05) is 10.3 Å². The fourth-order valence-corrected chi connectivity index (χ4v) is 3.06. The Morgan fingerprint density at radius 2 is 1.68 bits per heavy atom. The molecule has 1 unspecified atom stereocenters. The van der Waals surface area contributed by atoms with E-state index in [1.54, 1.807) is 50.2 Å². The molecule has 0 aliphatic heterocycles. The number of aryl methyl sites for hydroxylation is 1. The number of carbonyl (C=O) groups is 3. The summed E-state index contributed by atoms with van der Waals surface area (Å²) < 4.78 is -1.06. The molecule has 2 amide bonds. The topological polar surface area (TPSA) is 95.5 Å². The van der Waals surface area contributed by atoms with E-state index in [-0.39, 0.29) is 10.7 Å². The van der Waals surface area contributed by atoms with Gasteiger partial charge in [0.2, 0.25) is 0 Å². The molecule has 0 saturated heterocycles. The van der Waals surface area contributed by atoms with Crippen LogP contribution in [0, 0.1) is 6.92 Å². The maximum Gasteiger partial charge on any atom is 0.327 e. The zero-order valence-corrected chi connectivity index (χ0v) is 19.5. The number of hydrogen-bond acceptors (Lipinski definition) is 4. The van der Waals surface area contributed by atoms with Crippen molar-refractivity contribution in [3.63, 3.8) is 0 Å². The van der Waals surface area contributed by atoms with Crippen molar-refractivity contribution in [2.24, 2.45) is 0 Å². The number of aliphatic carboxylic acids is 1. The Labute approximate surface area is 196 Å². The minimum Gasteiger partial charge on any atom is -0.480 e. The van der Waals surface area contributed by atoms with Gasteiger partial charge < -0.3 is 15.7 Å². The van der Waals surface area contributed by atoms with Crippen molar-refractivity contribution in [2.75, 3.05) is 0 Å². The van der Waals surface area contributed by atoms with Crippen molar-refractivity contribution in [1.82, 2.24) is 10.6 Å². The van der Waals surface area contributed by atoms with Crippen LogP contribution in [0.3, 0.4) is 0 Å². The summed E-state index contributed by atoms with van der Waals surface area (Å²) in [5.74, 6) is -2.58. The molecule has 2 rings (SSSR count). The summed E-state index contributed by atoms with van der Waals surface area (Å²) in [6.07, 6.45) is 1.38. The highest BCUT2D eigenvalue weighted by atomic mass is 35.5. The molecule has 0 aliphatic rings. The molecule has 0 bridgehead atoms. The first-order chi connectivity index (χ1) is 14.4. The zero-order valence-electron chi connectivity index (χ0n) is 17.1. The molecule has 0 fully saturated rings. The Bertz CT molecular complexity index is 1030. The van der Waals surface area contributed by atoms with Crippen LogP contribution >= 0.6 is 35.8 Å². The minimum atomic E-state index is -1.31. The summed E-state index contributed by atoms with van der Waals surface area (Å²) in [5, 5.41) is 15.0. The molecule has 1 atom stereocenters. The largest absolute Gasteiger partial charge is 0.480 e. The highest BCUT2D eigenvalue weighted by molar-refractivity contribution is 7.81. The first kappa shape index (κ1) is 24.8. The molecule has 2 aromatic carbocycles. The molecule has 0 radical (unpaired) electrons. The lowest BCUT2D eigenvalue weighted by molar-refractivity contribution is -0.142. The van der Waals surface area contributed by atoms with E-state index >= 15 is 0 Å². The number of hydrogen-bond donors (Lipinski definition) is 4. The summed E-state index contributed by atoms with van der Waals surface area (Å²) >= 11 is 16.2. The van der Waals surface area contributed by atoms with Crippen LogP contribution in [-0.2, 0) is 9.59 Å². The maximum absolute atomic E-state index is 12.9. The number of halogens is 2. The first-order valence-electron chi connectivity index (χ1n) is 9.19. The van der Waals surface area contributed by atoms with Gasteiger partial charge in [0.05, 0.1) is 10.0 Å². The van der Waals surface area contributed by atoms with Crippen molar-refractivity contribution in [1.29, 1.82) is 0 Å². The number of carboxylic acid groups (broad SMARTS) is 1. The predicted molar refractivity (Wildman–Crippen MR) is 126 cm³/mol. The third kappa shape index (κ3) is 7.02. The lowest BCUT2D eigenvalue weighted by Gasteiger charge is -2.27. The van der Waals surface area contributed by atoms with Crippen LogP contribution in [0.2, 0.25) is 10.0 Å². The van der Waals surface area contributed by atoms with E-state index in [1.165, 1.54) is 12.1 Å². The normalized spacial score (nSPS) is 12.8. The zero-order chi connectivity index (χ0) is 23.3. The second-order valence-corrected chi connectivity index (χ2v) is 9.42. The third-order valence-electron chi connectivity index (χ3n) is 4.29. The van der Waals surface area contributed by atoms with E-state index < -0.39 is 28.6 Å². The number of amides is 2. The fraction of sp³-hybridized carbons (Fsp3) is 0.227. The van der Waals surface area contributed by atoms with Gasteiger partial charge >= 0.3 is 5.97 Å². The molecule has 0 aliphatic carbocycles. The van der Waals surface area contributed by atoms with Crippen molar-refractivity contribution in [3.05, 3.63) is 74.9 Å². The van der Waals surface area contributed by atoms with Gasteiger partial charge in [0.15, 0.2) is 0 Å². The molecule has 0 spiro atoms. The van der Waals surface area contributed by atoms with E-state index in [9.17, 15) is 19.5 Å². The predicted octanol–water partition coefficient (Wildman–Crippen LogP) is 4.35. The molecule has 9 heteroatoms. The van der Waals surface area contributed by atoms with Gasteiger partial charge in [-0.2, -0.15) is 12.6 Å². The molecule has 164 valence electrons. The smallest absolute Gasteiger partial charge is 0.327 e. The number of rotatable bonds is 7. The summed E-state index contributed by atoms with van der Waals surface area (Å²) in [4.78, 5) is 37.2. The summed E-state index contributed by atoms with van der Waals surface area (Å²) in [6.45, 7) is 5.00. The van der Waals surface area contributed by atoms with Crippen LogP contribution in [0.4, 0.5) is 0 Å². The monoisotopic (exact) mass is 480 g/mol. The van der Waals surface area contributed by atoms with E-state index in [0.29, 0.717) is 16.1 Å². The van der Waals surface area contributed by atoms with Crippen LogP contribution in [0.15, 0.2) is 48.2 Å². The van der Waals surface area contributed by atoms with Gasteiger partial charge in [-0.25, -0.2) is 4.79 Å². The number of carbonyl (C=O) groups excluding carboxylic acids is 2. The molecule has 2 aromatic rings. The highest BCUT2D eigenvalue weighted by Gasteiger charge is 2.34. The summed E-state index contributed by atoms with van der Waals surface area (Å²) in [7, 11) is 0. The Hall–Kier alpha value is -2.48. The van der Waals surface area contributed by atoms with Gasteiger partial charge in [-0.1, -0.05) is 47.0 Å². The van der Waals surface area contributed by atoms with Gasteiger partial charge in [-0.15, -0.1) is 0 Å². The van der Waals surface area contributed by atoms with Crippen molar-refractivity contribution >= 4 is 59.7 Å². The highest BCUT2D eigenvalue weighted by Crippen LogP contribution is 2.24. The molecule has 0 saturated carbocycles. The lowest BCUT2D eigenvalue weighted by atomic mass is 10.0. The Morgan fingerprint density at radius 1 is 1.06 bits per heavy atom. The first-order valence-corrected chi connectivity index (χ1v) is 10.4. The quantitative estimate of drug-likeness (QED) is 0.349. The van der Waals surface area contributed by atoms with Gasteiger partial charge in [-0.3, -0.25) is 9.59 Å². The third-order valence-corrected chi connectivity index (χ3v) is 5.29. The van der Waals surface area contributed by atoms with E-state index in [1.807, 2.05) is 6.92 Å². The Kier molecular flexibility index (Phi) is 8.17. The standard InChI is InChI=1S/C22H22Cl2N2O4S/c1-12-4-7-14(8-5-12)19(27)25-17(11-13-6-9-15(23)16(24)10-13)20(28)26-18(21(29)30)22(2,3)31/h4-11,18,31H,1-3H3,(H,25,27)(H,26,28)(H,29,30)/b17-11+. The molecule has 0 aromatic heterocycles. The average Bonchev–Trinajstić information content (AvgIpc) is 2.67. The molecule has 31 heavy (non-hydrogen) atoms. The van der Waals surface area contributed by atoms with Crippen molar-refractivity contribution in [2.45, 2.75) is 31.6 Å². The molecular weight excluding hydrogens is 459 g/mol. The Balaban J connectivity index is 2.41.